The number of quaternary nitrogens is 1. The van der Waals surface area contributed by atoms with Gasteiger partial charge in [0, 0.05) is 51.7 Å². The third-order valence-corrected chi connectivity index (χ3v) is 11.7. The molecule has 5 N–H and O–H groups in total. The number of nitrogens with one attached hydrogen (secondary N) is 2. The Hall–Kier alpha value is -2.57. The Morgan fingerprint density at radius 2 is 1.57 bits per heavy atom. The van der Waals surface area contributed by atoms with Gasteiger partial charge in [-0.25, -0.2) is 0 Å². The number of anilines is 1. The molecule has 0 spiro atoms. The first-order valence-electron chi connectivity index (χ1n) is 19.7. The van der Waals surface area contributed by atoms with Crippen molar-refractivity contribution >= 4 is 12.1 Å². The molecule has 3 heterocycles. The lowest BCUT2D eigenvalue weighted by atomic mass is 9.80. The molecular weight excluding hydrogens is 646 g/mol. The summed E-state index contributed by atoms with van der Waals surface area (Å²) in [6.07, 6.45) is 13.4. The summed E-state index contributed by atoms with van der Waals surface area (Å²) in [5.41, 5.74) is 1.04. The van der Waals surface area contributed by atoms with Crippen LogP contribution in [0.3, 0.4) is 0 Å². The Morgan fingerprint density at radius 3 is 2.27 bits per heavy atom. The number of rotatable bonds is 25. The summed E-state index contributed by atoms with van der Waals surface area (Å²) in [5, 5.41) is 37.8. The maximum atomic E-state index is 12.0. The van der Waals surface area contributed by atoms with Crippen molar-refractivity contribution in [2.24, 2.45) is 11.8 Å². The van der Waals surface area contributed by atoms with Gasteiger partial charge in [-0.05, 0) is 87.1 Å². The second-order valence-electron chi connectivity index (χ2n) is 15.3. The first-order valence-corrected chi connectivity index (χ1v) is 19.7. The van der Waals surface area contributed by atoms with Gasteiger partial charge in [-0.15, -0.1) is 0 Å². The lowest BCUT2D eigenvalue weighted by Gasteiger charge is -2.53. The van der Waals surface area contributed by atoms with Gasteiger partial charge in [0.25, 0.3) is 0 Å². The van der Waals surface area contributed by atoms with Gasteiger partial charge in [0.05, 0.1) is 38.0 Å². The van der Waals surface area contributed by atoms with Crippen LogP contribution in [0, 0.1) is 11.8 Å². The number of nitrogens with zero attached hydrogens (tertiary/aromatic N) is 1. The summed E-state index contributed by atoms with van der Waals surface area (Å²) in [4.78, 5) is 10.7. The highest BCUT2D eigenvalue weighted by atomic mass is 16.5. The average molecular weight is 711 g/mol. The number of aliphatic hydroxyl groups excluding tert-OH is 1. The Morgan fingerprint density at radius 1 is 0.882 bits per heavy atom. The fourth-order valence-corrected chi connectivity index (χ4v) is 8.56. The fourth-order valence-electron chi connectivity index (χ4n) is 8.56. The molecule has 2 bridgehead atoms. The molecule has 10 nitrogen and oxygen atoms in total. The van der Waals surface area contributed by atoms with Crippen LogP contribution in [0.4, 0.5) is 5.69 Å². The number of phenolic OH excluding ortho intramolecular Hbond substituents is 1. The van der Waals surface area contributed by atoms with Gasteiger partial charge < -0.3 is 44.6 Å². The molecule has 0 radical (unpaired) electrons. The highest BCUT2D eigenvalue weighted by molar-refractivity contribution is 5.75. The number of amides is 1. The van der Waals surface area contributed by atoms with Gasteiger partial charge in [0.1, 0.15) is 24.0 Å². The van der Waals surface area contributed by atoms with E-state index in [-0.39, 0.29) is 23.5 Å². The highest BCUT2D eigenvalue weighted by Crippen LogP contribution is 2.42. The van der Waals surface area contributed by atoms with Crippen LogP contribution >= 0.6 is 0 Å². The summed E-state index contributed by atoms with van der Waals surface area (Å²) in [6, 6.07) is 14.9. The van der Waals surface area contributed by atoms with Gasteiger partial charge in [-0.1, -0.05) is 49.2 Å². The molecule has 1 unspecified atom stereocenters. The number of hydrogen-bond acceptors (Lipinski definition) is 8. The lowest BCUT2D eigenvalue weighted by Crippen LogP contribution is -2.64. The van der Waals surface area contributed by atoms with E-state index < -0.39 is 11.7 Å². The van der Waals surface area contributed by atoms with Crippen LogP contribution in [0.2, 0.25) is 0 Å². The summed E-state index contributed by atoms with van der Waals surface area (Å²) >= 11 is 0. The molecule has 284 valence electrons. The van der Waals surface area contributed by atoms with E-state index in [1.165, 1.54) is 62.3 Å². The number of carbonyl (C=O) groups is 1. The van der Waals surface area contributed by atoms with Gasteiger partial charge in [0.15, 0.2) is 0 Å². The minimum Gasteiger partial charge on any atom is -0.506 e. The van der Waals surface area contributed by atoms with E-state index in [4.69, 9.17) is 14.2 Å². The third kappa shape index (κ3) is 11.7. The van der Waals surface area contributed by atoms with Gasteiger partial charge in [-0.3, -0.25) is 4.79 Å². The molecule has 0 aromatic heterocycles. The maximum Gasteiger partial charge on any atom is 0.211 e. The number of phenols is 1. The van der Waals surface area contributed by atoms with Crippen molar-refractivity contribution in [3.05, 3.63) is 59.7 Å². The minimum absolute atomic E-state index is 0.0346. The van der Waals surface area contributed by atoms with Crippen LogP contribution in [0.5, 0.6) is 5.75 Å². The van der Waals surface area contributed by atoms with Crippen molar-refractivity contribution in [1.82, 2.24) is 5.32 Å². The molecule has 2 aromatic carbocycles. The van der Waals surface area contributed by atoms with Gasteiger partial charge in [0.2, 0.25) is 6.41 Å². The number of ether oxygens (including phenoxy) is 3. The highest BCUT2D eigenvalue weighted by Gasteiger charge is 2.48. The topological polar surface area (TPSA) is 130 Å². The minimum atomic E-state index is -0.884. The van der Waals surface area contributed by atoms with E-state index in [0.29, 0.717) is 37.6 Å². The van der Waals surface area contributed by atoms with Crippen LogP contribution in [0.15, 0.2) is 48.5 Å². The van der Waals surface area contributed by atoms with E-state index in [1.54, 1.807) is 12.1 Å². The smallest absolute Gasteiger partial charge is 0.211 e. The van der Waals surface area contributed by atoms with Crippen molar-refractivity contribution in [3.8, 4) is 5.75 Å². The predicted octanol–water partition coefficient (Wildman–Crippen LogP) is 5.66. The number of aliphatic hydroxyl groups is 2. The number of unbranched alkanes of at least 4 members (excludes halogenated alkanes) is 3. The lowest BCUT2D eigenvalue weighted by molar-refractivity contribution is -0.946. The zero-order chi connectivity index (χ0) is 35.8. The quantitative estimate of drug-likeness (QED) is 0.0387. The van der Waals surface area contributed by atoms with Gasteiger partial charge in [-0.2, -0.15) is 0 Å². The van der Waals surface area contributed by atoms with Crippen LogP contribution in [-0.2, 0) is 24.6 Å². The van der Waals surface area contributed by atoms with E-state index in [9.17, 15) is 20.1 Å². The first kappa shape index (κ1) is 39.6. The predicted molar refractivity (Wildman–Crippen MR) is 199 cm³/mol. The molecule has 10 heteroatoms. The van der Waals surface area contributed by atoms with Crippen LogP contribution < -0.4 is 10.6 Å². The number of piperidine rings is 3. The molecule has 1 aliphatic carbocycles. The second-order valence-corrected chi connectivity index (χ2v) is 15.3. The molecule has 51 heavy (non-hydrogen) atoms. The third-order valence-electron chi connectivity index (χ3n) is 11.7. The van der Waals surface area contributed by atoms with Crippen LogP contribution in [0.25, 0.3) is 0 Å². The van der Waals surface area contributed by atoms with Crippen molar-refractivity contribution < 1.29 is 38.8 Å². The monoisotopic (exact) mass is 710 g/mol. The molecule has 1 amide bonds. The molecule has 1 saturated carbocycles. The number of fused-ring (bicyclic) bond motifs is 3. The van der Waals surface area contributed by atoms with Crippen LogP contribution in [0.1, 0.15) is 94.3 Å². The molecule has 3 saturated heterocycles. The largest absolute Gasteiger partial charge is 0.506 e. The zero-order valence-corrected chi connectivity index (χ0v) is 30.7. The van der Waals surface area contributed by atoms with E-state index in [0.717, 1.165) is 83.4 Å². The van der Waals surface area contributed by atoms with Crippen LogP contribution in [-0.4, -0.2) is 105 Å². The van der Waals surface area contributed by atoms with E-state index >= 15 is 0 Å². The standard InChI is InChI=1S/C41H63N3O7/c45-32-43-37-28-34(16-17-38(37)46)39(47)29-42-20-11-27-50-25-9-2-8-24-49-26-10-7-21-44-22-18-33(19-23-44)40(30-44)51-31-41(48,36-14-5-6-15-36)35-12-3-1-4-13-35/h1,3-4,12-13,16-17,28,32-33,36,39-40,42,47-48H,2,5-11,14-15,18-27,29-31H2,(H-,43,45,46)/p+1/t33?,39-,40-,41?,44?/m0/s1. The van der Waals surface area contributed by atoms with E-state index in [2.05, 4.69) is 22.8 Å². The molecule has 3 atom stereocenters. The molecule has 2 aromatic rings. The number of hydrogen-bond donors (Lipinski definition) is 5. The molecule has 4 fully saturated rings. The van der Waals surface area contributed by atoms with Crippen molar-refractivity contribution in [2.45, 2.75) is 94.9 Å². The maximum absolute atomic E-state index is 12.0. The number of carbonyl (C=O) groups excluding carboxylic acids is 1. The van der Waals surface area contributed by atoms with Crippen molar-refractivity contribution in [3.63, 3.8) is 0 Å². The molecule has 3 aliphatic heterocycles. The van der Waals surface area contributed by atoms with Crippen molar-refractivity contribution in [1.29, 1.82) is 0 Å². The Kier molecular flexibility index (Phi) is 16.0. The summed E-state index contributed by atoms with van der Waals surface area (Å²) in [5.74, 6) is 0.883. The summed E-state index contributed by atoms with van der Waals surface area (Å²) < 4.78 is 19.6. The summed E-state index contributed by atoms with van der Waals surface area (Å²) in [7, 11) is 0. The number of aromatic hydroxyl groups is 1. The molecular formula is C41H64N3O7+. The molecule has 6 rings (SSSR count). The molecule has 4 aliphatic rings. The average Bonchev–Trinajstić information content (AvgIpc) is 3.72. The summed E-state index contributed by atoms with van der Waals surface area (Å²) in [6.45, 7) is 9.42. The number of benzene rings is 2. The fraction of sp³-hybridized carbons (Fsp3) is 0.683. The van der Waals surface area contributed by atoms with E-state index in [1.807, 2.05) is 18.2 Å². The Balaban J connectivity index is 0.858. The van der Waals surface area contributed by atoms with Crippen molar-refractivity contribution in [2.75, 3.05) is 77.6 Å². The van der Waals surface area contributed by atoms with Gasteiger partial charge >= 0.3 is 0 Å². The first-order chi connectivity index (χ1) is 24.9. The normalized spacial score (nSPS) is 23.6. The zero-order valence-electron chi connectivity index (χ0n) is 30.7. The Labute approximate surface area is 305 Å². The second kappa shape index (κ2) is 20.6. The Bertz CT molecular complexity index is 1290. The SMILES string of the molecule is O=CNc1cc([C@@H](O)CNCCCOCCCCCOCCCC[N+]23CCC(CC2)[C@@H](OCC(O)(c2ccccc2)C2CCCC2)C3)ccc1O.